The van der Waals surface area contributed by atoms with E-state index in [9.17, 15) is 0 Å². The molecule has 0 unspecified atom stereocenters. The van der Waals surface area contributed by atoms with Crippen molar-refractivity contribution in [1.29, 1.82) is 0 Å². The van der Waals surface area contributed by atoms with Gasteiger partial charge in [-0.2, -0.15) is 0 Å². The summed E-state index contributed by atoms with van der Waals surface area (Å²) in [5, 5.41) is 3.61. The fraction of sp³-hybridized carbons (Fsp3) is 0.647. The van der Waals surface area contributed by atoms with Crippen LogP contribution in [0.1, 0.15) is 38.2 Å². The number of ether oxygens (including phenoxy) is 3. The van der Waals surface area contributed by atoms with E-state index in [1.165, 1.54) is 31.2 Å². The van der Waals surface area contributed by atoms with Gasteiger partial charge in [-0.05, 0) is 37.5 Å². The minimum atomic E-state index is 0.546. The van der Waals surface area contributed by atoms with Gasteiger partial charge >= 0.3 is 0 Å². The normalized spacial score (nSPS) is 15.3. The van der Waals surface area contributed by atoms with E-state index >= 15 is 0 Å². The highest BCUT2D eigenvalue weighted by atomic mass is 16.5. The lowest BCUT2D eigenvalue weighted by Gasteiger charge is -2.14. The van der Waals surface area contributed by atoms with Gasteiger partial charge in [-0.25, -0.2) is 0 Å². The Morgan fingerprint density at radius 3 is 2.67 bits per heavy atom. The third-order valence-corrected chi connectivity index (χ3v) is 3.87. The van der Waals surface area contributed by atoms with Gasteiger partial charge in [0.2, 0.25) is 0 Å². The molecule has 4 nitrogen and oxygen atoms in total. The molecule has 1 aliphatic carbocycles. The van der Waals surface area contributed by atoms with Crippen LogP contribution in [0.5, 0.6) is 11.5 Å². The Bertz CT molecular complexity index is 416. The zero-order valence-corrected chi connectivity index (χ0v) is 13.2. The van der Waals surface area contributed by atoms with Crippen LogP contribution in [0.4, 0.5) is 0 Å². The summed E-state index contributed by atoms with van der Waals surface area (Å²) in [4.78, 5) is 0. The summed E-state index contributed by atoms with van der Waals surface area (Å²) in [6.45, 7) is 4.73. The maximum atomic E-state index is 5.69. The van der Waals surface area contributed by atoms with Crippen molar-refractivity contribution in [2.24, 2.45) is 0 Å². The van der Waals surface area contributed by atoms with Crippen LogP contribution in [0, 0.1) is 0 Å². The third-order valence-electron chi connectivity index (χ3n) is 3.87. The van der Waals surface area contributed by atoms with Crippen molar-refractivity contribution in [3.8, 4) is 11.5 Å². The topological polar surface area (TPSA) is 39.7 Å². The van der Waals surface area contributed by atoms with Crippen LogP contribution >= 0.6 is 0 Å². The Hall–Kier alpha value is -1.26. The molecule has 0 spiro atoms. The molecular formula is C17H27NO3. The first-order valence-corrected chi connectivity index (χ1v) is 7.94. The molecule has 1 fully saturated rings. The minimum absolute atomic E-state index is 0.546. The molecule has 1 aromatic carbocycles. The quantitative estimate of drug-likeness (QED) is 0.710. The molecule has 1 aromatic rings. The van der Waals surface area contributed by atoms with Crippen LogP contribution in [-0.4, -0.2) is 33.0 Å². The average Bonchev–Trinajstić information content (AvgIpc) is 3.03. The second-order valence-corrected chi connectivity index (χ2v) is 5.39. The van der Waals surface area contributed by atoms with E-state index in [0.29, 0.717) is 25.9 Å². The number of rotatable bonds is 9. The van der Waals surface area contributed by atoms with Crippen molar-refractivity contribution in [3.63, 3.8) is 0 Å². The number of nitrogens with one attached hydrogen (secondary N) is 1. The van der Waals surface area contributed by atoms with Gasteiger partial charge in [0.25, 0.3) is 0 Å². The van der Waals surface area contributed by atoms with Gasteiger partial charge in [0.15, 0.2) is 11.5 Å². The fourth-order valence-corrected chi connectivity index (χ4v) is 2.69. The van der Waals surface area contributed by atoms with Gasteiger partial charge in [-0.15, -0.1) is 0 Å². The maximum absolute atomic E-state index is 5.69. The van der Waals surface area contributed by atoms with Crippen LogP contribution in [0.25, 0.3) is 0 Å². The van der Waals surface area contributed by atoms with Crippen molar-refractivity contribution < 1.29 is 14.2 Å². The van der Waals surface area contributed by atoms with Gasteiger partial charge in [-0.3, -0.25) is 0 Å². The van der Waals surface area contributed by atoms with Crippen molar-refractivity contribution in [1.82, 2.24) is 5.32 Å². The monoisotopic (exact) mass is 293 g/mol. The lowest BCUT2D eigenvalue weighted by molar-refractivity contribution is 0.109. The predicted molar refractivity (Wildman–Crippen MR) is 84.1 cm³/mol. The third kappa shape index (κ3) is 5.21. The molecule has 0 bridgehead atoms. The minimum Gasteiger partial charge on any atom is -0.493 e. The summed E-state index contributed by atoms with van der Waals surface area (Å²) >= 11 is 0. The highest BCUT2D eigenvalue weighted by Gasteiger charge is 2.14. The molecule has 0 atom stereocenters. The summed E-state index contributed by atoms with van der Waals surface area (Å²) in [6, 6.07) is 6.81. The molecule has 0 radical (unpaired) electrons. The van der Waals surface area contributed by atoms with Gasteiger partial charge in [0.1, 0.15) is 6.61 Å². The zero-order valence-electron chi connectivity index (χ0n) is 13.2. The SMILES string of the molecule is CCOCCOc1ccc(CNC2CCCC2)cc1OC. The Kier molecular flexibility index (Phi) is 6.83. The first-order chi connectivity index (χ1) is 10.3. The number of methoxy groups -OCH3 is 1. The van der Waals surface area contributed by atoms with Crippen LogP contribution in [-0.2, 0) is 11.3 Å². The highest BCUT2D eigenvalue weighted by molar-refractivity contribution is 5.42. The van der Waals surface area contributed by atoms with Crippen LogP contribution in [0.3, 0.4) is 0 Å². The molecule has 1 N–H and O–H groups in total. The Morgan fingerprint density at radius 1 is 1.14 bits per heavy atom. The Morgan fingerprint density at radius 2 is 1.95 bits per heavy atom. The molecule has 118 valence electrons. The number of hydrogen-bond donors (Lipinski definition) is 1. The lowest BCUT2D eigenvalue weighted by atomic mass is 10.1. The van der Waals surface area contributed by atoms with E-state index in [1.807, 2.05) is 13.0 Å². The smallest absolute Gasteiger partial charge is 0.161 e. The molecule has 0 aromatic heterocycles. The fourth-order valence-electron chi connectivity index (χ4n) is 2.69. The molecule has 21 heavy (non-hydrogen) atoms. The van der Waals surface area contributed by atoms with Crippen LogP contribution in [0.15, 0.2) is 18.2 Å². The first-order valence-electron chi connectivity index (χ1n) is 7.94. The molecule has 0 saturated heterocycles. The van der Waals surface area contributed by atoms with Gasteiger partial charge in [-0.1, -0.05) is 18.9 Å². The van der Waals surface area contributed by atoms with E-state index < -0.39 is 0 Å². The number of benzene rings is 1. The summed E-state index contributed by atoms with van der Waals surface area (Å²) in [7, 11) is 1.68. The summed E-state index contributed by atoms with van der Waals surface area (Å²) in [5.41, 5.74) is 1.23. The van der Waals surface area contributed by atoms with Crippen molar-refractivity contribution >= 4 is 0 Å². The van der Waals surface area contributed by atoms with Gasteiger partial charge in [0.05, 0.1) is 13.7 Å². The van der Waals surface area contributed by atoms with Gasteiger partial charge in [0, 0.05) is 19.2 Å². The van der Waals surface area contributed by atoms with E-state index in [2.05, 4.69) is 17.4 Å². The predicted octanol–water partition coefficient (Wildman–Crippen LogP) is 3.14. The molecule has 4 heteroatoms. The summed E-state index contributed by atoms with van der Waals surface area (Å²) < 4.78 is 16.4. The second-order valence-electron chi connectivity index (χ2n) is 5.39. The van der Waals surface area contributed by atoms with Crippen LogP contribution in [0.2, 0.25) is 0 Å². The first kappa shape index (κ1) is 16.1. The average molecular weight is 293 g/mol. The maximum Gasteiger partial charge on any atom is 0.161 e. The van der Waals surface area contributed by atoms with Crippen molar-refractivity contribution in [3.05, 3.63) is 23.8 Å². The van der Waals surface area contributed by atoms with E-state index in [4.69, 9.17) is 14.2 Å². The molecule has 1 aliphatic rings. The zero-order chi connectivity index (χ0) is 14.9. The summed E-state index contributed by atoms with van der Waals surface area (Å²) in [6.07, 6.45) is 5.31. The Balaban J connectivity index is 1.85. The molecule has 1 saturated carbocycles. The molecular weight excluding hydrogens is 266 g/mol. The van der Waals surface area contributed by atoms with E-state index in [0.717, 1.165) is 18.0 Å². The van der Waals surface area contributed by atoms with E-state index in [1.54, 1.807) is 7.11 Å². The van der Waals surface area contributed by atoms with Crippen molar-refractivity contribution in [2.75, 3.05) is 26.9 Å². The second kappa shape index (κ2) is 8.90. The molecule has 0 aliphatic heterocycles. The molecule has 0 amide bonds. The number of hydrogen-bond acceptors (Lipinski definition) is 4. The van der Waals surface area contributed by atoms with Crippen LogP contribution < -0.4 is 14.8 Å². The summed E-state index contributed by atoms with van der Waals surface area (Å²) in [5.74, 6) is 1.57. The van der Waals surface area contributed by atoms with Gasteiger partial charge < -0.3 is 19.5 Å². The molecule has 2 rings (SSSR count). The Labute approximate surface area is 127 Å². The lowest BCUT2D eigenvalue weighted by Crippen LogP contribution is -2.25. The molecule has 0 heterocycles. The van der Waals surface area contributed by atoms with Crippen molar-refractivity contribution in [2.45, 2.75) is 45.2 Å². The highest BCUT2D eigenvalue weighted by Crippen LogP contribution is 2.28. The largest absolute Gasteiger partial charge is 0.493 e. The standard InChI is InChI=1S/C17H27NO3/c1-3-20-10-11-21-16-9-8-14(12-17(16)19-2)13-18-15-6-4-5-7-15/h8-9,12,15,18H,3-7,10-11,13H2,1-2H3. The van der Waals surface area contributed by atoms with E-state index in [-0.39, 0.29) is 0 Å².